The fourth-order valence-corrected chi connectivity index (χ4v) is 2.54. The highest BCUT2D eigenvalue weighted by Crippen LogP contribution is 2.24. The molecule has 0 amide bonds. The lowest BCUT2D eigenvalue weighted by molar-refractivity contribution is 0.486. The molecule has 1 rings (SSSR count). The highest BCUT2D eigenvalue weighted by molar-refractivity contribution is 8.13. The molecule has 62 valence electrons. The number of thiol groups is 1. The van der Waals surface area contributed by atoms with Gasteiger partial charge in [0.05, 0.1) is 0 Å². The zero-order valence-electron chi connectivity index (χ0n) is 7.14. The van der Waals surface area contributed by atoms with Gasteiger partial charge in [-0.3, -0.25) is 4.31 Å². The summed E-state index contributed by atoms with van der Waals surface area (Å²) in [5, 5.41) is 0. The third kappa shape index (κ3) is 2.51. The Balaban J connectivity index is 2.28. The van der Waals surface area contributed by atoms with Gasteiger partial charge < -0.3 is 0 Å². The van der Waals surface area contributed by atoms with E-state index < -0.39 is 0 Å². The molecule has 0 N–H and O–H groups in total. The van der Waals surface area contributed by atoms with Gasteiger partial charge in [0.25, 0.3) is 0 Å². The molecule has 0 aromatic rings. The average molecular weight is 161 g/mol. The average Bonchev–Trinajstić information content (AvgIpc) is 2.12. The van der Waals surface area contributed by atoms with Crippen molar-refractivity contribution in [1.82, 2.24) is 4.31 Å². The fourth-order valence-electron chi connectivity index (χ4n) is 1.45. The van der Waals surface area contributed by atoms with Crippen LogP contribution in [0.15, 0.2) is 0 Å². The van der Waals surface area contributed by atoms with E-state index in [-0.39, 0.29) is 11.1 Å². The Labute approximate surface area is 67.3 Å². The van der Waals surface area contributed by atoms with Crippen LogP contribution < -0.4 is 0 Å². The molecule has 0 saturated carbocycles. The lowest BCUT2D eigenvalue weighted by Gasteiger charge is -2.27. The summed E-state index contributed by atoms with van der Waals surface area (Å²) in [5.41, 5.74) is 0. The van der Waals surface area contributed by atoms with Gasteiger partial charge in [0.2, 0.25) is 0 Å². The molecule has 0 aromatic heterocycles. The first-order chi connectivity index (χ1) is 4.80. The SMILES string of the molecule is C[SH](C)N1CCCCCC1. The highest BCUT2D eigenvalue weighted by atomic mass is 32.2. The Morgan fingerprint density at radius 3 is 1.80 bits per heavy atom. The summed E-state index contributed by atoms with van der Waals surface area (Å²) >= 11 is 0.198. The van der Waals surface area contributed by atoms with Crippen molar-refractivity contribution < 1.29 is 0 Å². The largest absolute Gasteiger partial charge is 0.271 e. The van der Waals surface area contributed by atoms with E-state index in [1.54, 1.807) is 0 Å². The molecule has 0 bridgehead atoms. The molecule has 1 nitrogen and oxygen atoms in total. The predicted molar refractivity (Wildman–Crippen MR) is 50.9 cm³/mol. The Bertz CT molecular complexity index is 85.3. The van der Waals surface area contributed by atoms with Gasteiger partial charge in [-0.2, -0.15) is 0 Å². The van der Waals surface area contributed by atoms with E-state index >= 15 is 0 Å². The van der Waals surface area contributed by atoms with Gasteiger partial charge in [-0.25, -0.2) is 11.1 Å². The lowest BCUT2D eigenvalue weighted by atomic mass is 10.2. The normalized spacial score (nSPS) is 24.0. The van der Waals surface area contributed by atoms with Crippen molar-refractivity contribution in [2.24, 2.45) is 0 Å². The smallest absolute Gasteiger partial charge is 0.00714 e. The van der Waals surface area contributed by atoms with E-state index in [4.69, 9.17) is 0 Å². The van der Waals surface area contributed by atoms with Crippen LogP contribution in [0.1, 0.15) is 25.7 Å². The molecule has 1 aliphatic heterocycles. The maximum Gasteiger partial charge on any atom is 0.00714 e. The van der Waals surface area contributed by atoms with Gasteiger partial charge in [-0.15, -0.1) is 0 Å². The highest BCUT2D eigenvalue weighted by Gasteiger charge is 2.08. The Hall–Kier alpha value is 0.310. The zero-order chi connectivity index (χ0) is 7.40. The summed E-state index contributed by atoms with van der Waals surface area (Å²) in [5.74, 6) is 0. The lowest BCUT2D eigenvalue weighted by Crippen LogP contribution is -2.19. The van der Waals surface area contributed by atoms with Crippen LogP contribution in [0.5, 0.6) is 0 Å². The van der Waals surface area contributed by atoms with Crippen molar-refractivity contribution in [3.8, 4) is 0 Å². The first-order valence-corrected chi connectivity index (χ1v) is 6.42. The summed E-state index contributed by atoms with van der Waals surface area (Å²) in [6, 6.07) is 0. The van der Waals surface area contributed by atoms with Gasteiger partial charge in [0.15, 0.2) is 0 Å². The van der Waals surface area contributed by atoms with E-state index in [1.807, 2.05) is 0 Å². The molecule has 0 spiro atoms. The van der Waals surface area contributed by atoms with E-state index in [0.717, 1.165) is 0 Å². The molecule has 0 aromatic carbocycles. The monoisotopic (exact) mass is 161 g/mol. The van der Waals surface area contributed by atoms with Crippen LogP contribution in [0, 0.1) is 0 Å². The summed E-state index contributed by atoms with van der Waals surface area (Å²) in [7, 11) is 0. The molecule has 10 heavy (non-hydrogen) atoms. The van der Waals surface area contributed by atoms with E-state index in [9.17, 15) is 0 Å². The van der Waals surface area contributed by atoms with Gasteiger partial charge in [-0.1, -0.05) is 12.8 Å². The molecule has 1 aliphatic rings. The molecule has 1 fully saturated rings. The Morgan fingerprint density at radius 1 is 0.900 bits per heavy atom. The van der Waals surface area contributed by atoms with E-state index in [1.165, 1.54) is 38.8 Å². The van der Waals surface area contributed by atoms with Crippen LogP contribution in [0.25, 0.3) is 0 Å². The fraction of sp³-hybridized carbons (Fsp3) is 1.00. The van der Waals surface area contributed by atoms with Crippen molar-refractivity contribution in [1.29, 1.82) is 0 Å². The molecule has 0 radical (unpaired) electrons. The van der Waals surface area contributed by atoms with Crippen LogP contribution in [0.2, 0.25) is 0 Å². The molecule has 0 aliphatic carbocycles. The molecule has 1 saturated heterocycles. The van der Waals surface area contributed by atoms with Crippen molar-refractivity contribution in [2.45, 2.75) is 25.7 Å². The molecular formula is C8H19NS. The Morgan fingerprint density at radius 2 is 1.40 bits per heavy atom. The second kappa shape index (κ2) is 4.24. The van der Waals surface area contributed by atoms with Crippen molar-refractivity contribution in [3.05, 3.63) is 0 Å². The Kier molecular flexibility index (Phi) is 3.57. The summed E-state index contributed by atoms with van der Waals surface area (Å²) in [6.07, 6.45) is 10.5. The molecule has 2 heteroatoms. The number of hydrogen-bond acceptors (Lipinski definition) is 1. The van der Waals surface area contributed by atoms with Gasteiger partial charge >= 0.3 is 0 Å². The minimum Gasteiger partial charge on any atom is -0.271 e. The van der Waals surface area contributed by atoms with Crippen molar-refractivity contribution in [3.63, 3.8) is 0 Å². The maximum absolute atomic E-state index is 2.66. The first kappa shape index (κ1) is 8.41. The predicted octanol–water partition coefficient (Wildman–Crippen LogP) is 2.04. The van der Waals surface area contributed by atoms with Crippen LogP contribution in [-0.2, 0) is 0 Å². The van der Waals surface area contributed by atoms with Gasteiger partial charge in [0, 0.05) is 13.1 Å². The second-order valence-corrected chi connectivity index (χ2v) is 5.48. The summed E-state index contributed by atoms with van der Waals surface area (Å²) in [4.78, 5) is 0. The first-order valence-electron chi connectivity index (χ1n) is 4.23. The minimum absolute atomic E-state index is 0.198. The number of nitrogens with zero attached hydrogens (tertiary/aromatic N) is 1. The molecule has 0 unspecified atom stereocenters. The van der Waals surface area contributed by atoms with Gasteiger partial charge in [-0.05, 0) is 25.4 Å². The quantitative estimate of drug-likeness (QED) is 0.576. The minimum atomic E-state index is 0.198. The standard InChI is InChI=1S/C8H19NS/c1-10(2)9-7-5-3-4-6-8-9/h10H,3-8H2,1-2H3. The van der Waals surface area contributed by atoms with E-state index in [2.05, 4.69) is 16.8 Å². The van der Waals surface area contributed by atoms with Crippen molar-refractivity contribution >= 4 is 11.1 Å². The maximum atomic E-state index is 2.66. The third-order valence-corrected chi connectivity index (χ3v) is 3.68. The van der Waals surface area contributed by atoms with E-state index in [0.29, 0.717) is 0 Å². The van der Waals surface area contributed by atoms with Crippen molar-refractivity contribution in [2.75, 3.05) is 25.6 Å². The van der Waals surface area contributed by atoms with Crippen LogP contribution in [-0.4, -0.2) is 29.9 Å². The zero-order valence-corrected chi connectivity index (χ0v) is 8.03. The summed E-state index contributed by atoms with van der Waals surface area (Å²) < 4.78 is 2.66. The molecular weight excluding hydrogens is 142 g/mol. The van der Waals surface area contributed by atoms with Crippen LogP contribution in [0.3, 0.4) is 0 Å². The number of hydrogen-bond donors (Lipinski definition) is 1. The van der Waals surface area contributed by atoms with Crippen LogP contribution in [0.4, 0.5) is 0 Å². The number of rotatable bonds is 1. The van der Waals surface area contributed by atoms with Gasteiger partial charge in [0.1, 0.15) is 0 Å². The molecule has 0 atom stereocenters. The topological polar surface area (TPSA) is 3.24 Å². The van der Waals surface area contributed by atoms with Crippen LogP contribution >= 0.6 is 11.1 Å². The summed E-state index contributed by atoms with van der Waals surface area (Å²) in [6.45, 7) is 2.72. The second-order valence-electron chi connectivity index (χ2n) is 3.22. The third-order valence-electron chi connectivity index (χ3n) is 2.15. The molecule has 1 heterocycles.